The predicted molar refractivity (Wildman–Crippen MR) is 378 cm³/mol. The SMILES string of the molecule is FC(F)(F)c1ccc(Cl)c(I)c1.FC(F)(F)c1ccc(I)c(Cl)c1.FC(F)(F)c1ccc(I)cc1.O=C(OCCC(F)(F)C(F)(F)C(F)(F)C(F)(F)C(F)(F)C(F)(F)F)c1cccc(C(=O)OCCC(F)(F)C(F)(F)C(F)(F)C(F)(F)C(F)(F)C(F)(F)F)c1.O=C(OCCC(F)(F)C(F)(F)C(F)(F)C(F)(F)C(F)(F)C(F)(F)F)c1ccccc1C(=O)OCCC(F)(F)C(F)(F)C(F)(F)C(F)(F)C(F)(F)C(F)(F)F. The Balaban J connectivity index is 0.00000106. The van der Waals surface area contributed by atoms with Crippen molar-refractivity contribution in [3.05, 3.63) is 169 Å². The molecule has 0 saturated carbocycles. The van der Waals surface area contributed by atoms with Crippen LogP contribution in [-0.2, 0) is 37.5 Å². The van der Waals surface area contributed by atoms with Crippen LogP contribution in [0.2, 0.25) is 10.0 Å². The largest absolute Gasteiger partial charge is 0.462 e. The molecule has 143 heavy (non-hydrogen) atoms. The minimum absolute atomic E-state index is 0.117. The van der Waals surface area contributed by atoms with Gasteiger partial charge in [0.25, 0.3) is 0 Å². The normalized spacial score (nSPS) is 14.4. The summed E-state index contributed by atoms with van der Waals surface area (Å²) in [4.78, 5) is 48.3. The molecular formula is C69H34Cl2F61I3O8. The van der Waals surface area contributed by atoms with Gasteiger partial charge in [0, 0.05) is 10.7 Å². The third-order valence-electron chi connectivity index (χ3n) is 17.0. The Morgan fingerprint density at radius 3 is 0.657 bits per heavy atom. The molecule has 0 aliphatic rings. The molecule has 0 spiro atoms. The topological polar surface area (TPSA) is 105 Å². The van der Waals surface area contributed by atoms with Crippen molar-refractivity contribution < 1.29 is 306 Å². The Bertz CT molecular complexity index is 4850. The van der Waals surface area contributed by atoms with Gasteiger partial charge in [0.1, 0.15) is 0 Å². The maximum Gasteiger partial charge on any atom is 0.460 e. The van der Waals surface area contributed by atoms with Gasteiger partial charge >= 0.3 is 186 Å². The fourth-order valence-electron chi connectivity index (χ4n) is 8.84. The van der Waals surface area contributed by atoms with Gasteiger partial charge < -0.3 is 18.9 Å². The molecule has 5 aromatic carbocycles. The molecular weight excluding hydrogens is 2570 g/mol. The van der Waals surface area contributed by atoms with Crippen LogP contribution in [-0.4, -0.2) is 193 Å². The van der Waals surface area contributed by atoms with E-state index in [0.717, 1.165) is 40.0 Å². The second-order valence-corrected chi connectivity index (χ2v) is 31.3. The molecule has 0 aromatic heterocycles. The van der Waals surface area contributed by atoms with Crippen molar-refractivity contribution in [1.82, 2.24) is 0 Å². The lowest BCUT2D eigenvalue weighted by Gasteiger charge is -2.39. The maximum atomic E-state index is 13.9. The molecule has 0 atom stereocenters. The van der Waals surface area contributed by atoms with E-state index in [-0.39, 0.29) is 11.1 Å². The lowest BCUT2D eigenvalue weighted by molar-refractivity contribution is -0.440. The van der Waals surface area contributed by atoms with Gasteiger partial charge in [-0.05, 0) is 159 Å². The highest BCUT2D eigenvalue weighted by atomic mass is 127. The Morgan fingerprint density at radius 2 is 0.434 bits per heavy atom. The highest BCUT2D eigenvalue weighted by Gasteiger charge is 2.95. The molecule has 820 valence electrons. The van der Waals surface area contributed by atoms with Gasteiger partial charge in [-0.15, -0.1) is 0 Å². The van der Waals surface area contributed by atoms with Crippen LogP contribution in [0.3, 0.4) is 0 Å². The first kappa shape index (κ1) is 133. The van der Waals surface area contributed by atoms with Crippen molar-refractivity contribution in [3.63, 3.8) is 0 Å². The summed E-state index contributed by atoms with van der Waals surface area (Å²) in [5, 5.41) is 0.467. The number of benzene rings is 5. The van der Waals surface area contributed by atoms with Crippen LogP contribution in [0, 0.1) is 10.7 Å². The Kier molecular flexibility index (Phi) is 41.4. The van der Waals surface area contributed by atoms with Gasteiger partial charge in [0.15, 0.2) is 0 Å². The van der Waals surface area contributed by atoms with Gasteiger partial charge in [-0.25, -0.2) is 19.2 Å². The van der Waals surface area contributed by atoms with E-state index in [0.29, 0.717) is 54.6 Å². The van der Waals surface area contributed by atoms with Crippen LogP contribution >= 0.6 is 91.0 Å². The van der Waals surface area contributed by atoms with Gasteiger partial charge in [-0.2, -0.15) is 268 Å². The molecule has 0 saturated heterocycles. The standard InChI is InChI=1S/2C24H12F26O4.2C7H3ClF3I.C7H4F3I/c25-13(26,15(29,30)17(33,34)19(37,38)21(41,42)23(45,46)47)4-6-53-11(51)9-2-1-3-10(8-9)12(52)54-7-5-14(27,28)16(31,32)18(35,36)20(39,40)22(43,44)24(48,49)50;25-13(26,15(29,30)17(33,34)19(37,38)21(41,42)23(45,46)47)5-7-53-11(51)9-3-1-2-4-10(9)12(52)54-8-6-14(27,28)16(31,32)18(35,36)20(39,40)22(43,44)24(48,49)50;8-5-3-4(7(9,10)11)1-2-6(5)12;8-5-2-1-4(3-6(5)12)7(9,10)11;8-7(9,10)5-1-3-6(11)4-2-5/h1-3,8H,4-7H2;1-4H,5-8H2;2*1-3H;1-4H. The average Bonchev–Trinajstić information content (AvgIpc) is 0.722. The molecule has 0 unspecified atom stereocenters. The van der Waals surface area contributed by atoms with E-state index in [9.17, 15) is 287 Å². The van der Waals surface area contributed by atoms with Crippen LogP contribution in [0.1, 0.15) is 83.8 Å². The first-order chi connectivity index (χ1) is 62.8. The van der Waals surface area contributed by atoms with Crippen LogP contribution in [0.15, 0.2) is 109 Å². The minimum Gasteiger partial charge on any atom is -0.462 e. The molecule has 0 aliphatic carbocycles. The smallest absolute Gasteiger partial charge is 0.460 e. The zero-order chi connectivity index (χ0) is 114. The number of halogens is 66. The van der Waals surface area contributed by atoms with Gasteiger partial charge in [-0.1, -0.05) is 41.4 Å². The van der Waals surface area contributed by atoms with Gasteiger partial charge in [0.2, 0.25) is 0 Å². The number of hydrogen-bond donors (Lipinski definition) is 0. The predicted octanol–water partition coefficient (Wildman–Crippen LogP) is 31.8. The number of esters is 4. The summed E-state index contributed by atoms with van der Waals surface area (Å²) >= 11 is 16.7. The van der Waals surface area contributed by atoms with Gasteiger partial charge in [-0.3, -0.25) is 0 Å². The molecule has 5 rings (SSSR count). The molecule has 0 bridgehead atoms. The molecule has 0 fully saturated rings. The summed E-state index contributed by atoms with van der Waals surface area (Å²) in [5.41, 5.74) is -7.17. The fourth-order valence-corrected chi connectivity index (χ4v) is 10.4. The number of hydrogen-bond acceptors (Lipinski definition) is 8. The number of carbonyl (C=O) groups is 4. The Morgan fingerprint density at radius 1 is 0.217 bits per heavy atom. The average molecular weight is 2600 g/mol. The van der Waals surface area contributed by atoms with E-state index < -0.39 is 277 Å². The van der Waals surface area contributed by atoms with E-state index in [4.69, 9.17) is 23.2 Å². The number of carbonyl (C=O) groups excluding carboxylic acids is 4. The highest BCUT2D eigenvalue weighted by Crippen LogP contribution is 2.66. The van der Waals surface area contributed by atoms with E-state index >= 15 is 0 Å². The molecule has 5 aromatic rings. The zero-order valence-corrected chi connectivity index (χ0v) is 73.7. The first-order valence-electron chi connectivity index (χ1n) is 34.4. The van der Waals surface area contributed by atoms with Crippen LogP contribution in [0.4, 0.5) is 268 Å². The van der Waals surface area contributed by atoms with Crippen molar-refractivity contribution in [2.24, 2.45) is 0 Å². The molecule has 0 radical (unpaired) electrons. The van der Waals surface area contributed by atoms with Crippen molar-refractivity contribution in [2.45, 2.75) is 187 Å². The van der Waals surface area contributed by atoms with E-state index in [1.165, 1.54) is 24.3 Å². The third-order valence-corrected chi connectivity index (χ3v) is 20.8. The Hall–Kier alpha value is -7.52. The Labute approximate surface area is 800 Å². The summed E-state index contributed by atoms with van der Waals surface area (Å²) < 4.78 is 810. The zero-order valence-electron chi connectivity index (χ0n) is 65.8. The quantitative estimate of drug-likeness (QED) is 0.0181. The van der Waals surface area contributed by atoms with Crippen molar-refractivity contribution in [2.75, 3.05) is 26.4 Å². The van der Waals surface area contributed by atoms with Crippen LogP contribution in [0.25, 0.3) is 0 Å². The third kappa shape index (κ3) is 27.8. The minimum atomic E-state index is -8.27. The number of ether oxygens (including phenoxy) is 4. The molecule has 0 amide bonds. The number of rotatable bonds is 32. The molecule has 0 N–H and O–H groups in total. The molecule has 0 heterocycles. The highest BCUT2D eigenvalue weighted by molar-refractivity contribution is 14.1. The first-order valence-corrected chi connectivity index (χ1v) is 38.4. The van der Waals surface area contributed by atoms with E-state index in [1.54, 1.807) is 22.6 Å². The summed E-state index contributed by atoms with van der Waals surface area (Å²) in [6.45, 7) is -9.38. The molecule has 74 heteroatoms. The summed E-state index contributed by atoms with van der Waals surface area (Å²) in [6.07, 6.45) is -55.9. The van der Waals surface area contributed by atoms with Crippen LogP contribution in [0.5, 0.6) is 0 Å². The summed E-state index contributed by atoms with van der Waals surface area (Å²) in [5.74, 6) is -165. The summed E-state index contributed by atoms with van der Waals surface area (Å²) in [6, 6.07) is 14.9. The van der Waals surface area contributed by atoms with Crippen molar-refractivity contribution in [3.8, 4) is 0 Å². The lowest BCUT2D eigenvalue weighted by Crippen LogP contribution is -2.70. The van der Waals surface area contributed by atoms with Crippen LogP contribution < -0.4 is 0 Å². The van der Waals surface area contributed by atoms with Crippen molar-refractivity contribution in [1.29, 1.82) is 0 Å². The van der Waals surface area contributed by atoms with E-state index in [2.05, 4.69) is 18.9 Å². The second-order valence-electron chi connectivity index (χ2n) is 26.9. The van der Waals surface area contributed by atoms with Gasteiger partial charge in [0.05, 0.1) is 101 Å². The second kappa shape index (κ2) is 44.3. The summed E-state index contributed by atoms with van der Waals surface area (Å²) in [7, 11) is 0. The molecule has 0 aliphatic heterocycles. The lowest BCUT2D eigenvalue weighted by atomic mass is 9.93. The fraction of sp³-hybridized carbons (Fsp3) is 0.507. The van der Waals surface area contributed by atoms with Crippen molar-refractivity contribution >= 4 is 115 Å². The molecule has 8 nitrogen and oxygen atoms in total. The number of alkyl halides is 61. The maximum absolute atomic E-state index is 13.9. The monoisotopic (exact) mass is 2600 g/mol. The van der Waals surface area contributed by atoms with E-state index in [1.807, 2.05) is 45.2 Å².